The number of hydrogen-bond acceptors (Lipinski definition) is 3. The van der Waals surface area contributed by atoms with Crippen molar-refractivity contribution in [3.8, 4) is 5.75 Å². The topological polar surface area (TPSA) is 24.8 Å². The van der Waals surface area contributed by atoms with Crippen molar-refractivity contribution in [3.63, 3.8) is 0 Å². The molecule has 1 saturated carbocycles. The van der Waals surface area contributed by atoms with Crippen LogP contribution >= 0.6 is 11.6 Å². The Morgan fingerprint density at radius 2 is 1.81 bits per heavy atom. The van der Waals surface area contributed by atoms with Crippen molar-refractivity contribution in [3.05, 3.63) is 64.2 Å². The maximum atomic E-state index is 6.50. The molecule has 2 aliphatic heterocycles. The summed E-state index contributed by atoms with van der Waals surface area (Å²) >= 11 is 6.31. The Hall–Kier alpha value is -2.00. The number of fused-ring (bicyclic) bond motifs is 3. The summed E-state index contributed by atoms with van der Waals surface area (Å²) in [6, 6.07) is 14.9. The van der Waals surface area contributed by atoms with E-state index in [4.69, 9.17) is 21.4 Å². The molecule has 140 valence electrons. The quantitative estimate of drug-likeness (QED) is 0.628. The van der Waals surface area contributed by atoms with Gasteiger partial charge in [-0.2, -0.15) is 5.10 Å². The van der Waals surface area contributed by atoms with Crippen molar-refractivity contribution in [2.24, 2.45) is 11.0 Å². The molecule has 3 nitrogen and oxygen atoms in total. The van der Waals surface area contributed by atoms with E-state index in [2.05, 4.69) is 42.3 Å². The van der Waals surface area contributed by atoms with Gasteiger partial charge in [0.15, 0.2) is 6.23 Å². The summed E-state index contributed by atoms with van der Waals surface area (Å²) in [6.45, 7) is 2.12. The number of benzene rings is 2. The van der Waals surface area contributed by atoms with Gasteiger partial charge in [-0.3, -0.25) is 0 Å². The van der Waals surface area contributed by atoms with Gasteiger partial charge in [-0.05, 0) is 43.5 Å². The third kappa shape index (κ3) is 3.12. The maximum Gasteiger partial charge on any atom is 0.190 e. The second kappa shape index (κ2) is 6.87. The number of ether oxygens (including phenoxy) is 1. The SMILES string of the molecule is Cc1ccc(C2=NN3[C@H](C2)c2cc(Cl)ccc2O[C@@H]3C2CCCCC2)cc1. The highest BCUT2D eigenvalue weighted by atomic mass is 35.5. The molecule has 0 aromatic heterocycles. The highest BCUT2D eigenvalue weighted by Gasteiger charge is 2.43. The summed E-state index contributed by atoms with van der Waals surface area (Å²) < 4.78 is 6.50. The van der Waals surface area contributed by atoms with E-state index >= 15 is 0 Å². The average molecular weight is 381 g/mol. The summed E-state index contributed by atoms with van der Waals surface area (Å²) in [5.74, 6) is 1.53. The average Bonchev–Trinajstić information content (AvgIpc) is 3.14. The molecule has 2 heterocycles. The van der Waals surface area contributed by atoms with Gasteiger partial charge >= 0.3 is 0 Å². The number of aryl methyl sites for hydroxylation is 1. The molecule has 0 bridgehead atoms. The predicted octanol–water partition coefficient (Wildman–Crippen LogP) is 6.10. The fraction of sp³-hybridized carbons (Fsp3) is 0.435. The van der Waals surface area contributed by atoms with Crippen molar-refractivity contribution in [2.75, 3.05) is 0 Å². The predicted molar refractivity (Wildman–Crippen MR) is 109 cm³/mol. The minimum absolute atomic E-state index is 0.0342. The van der Waals surface area contributed by atoms with Crippen LogP contribution in [0.3, 0.4) is 0 Å². The van der Waals surface area contributed by atoms with Gasteiger partial charge in [0.1, 0.15) is 5.75 Å². The zero-order chi connectivity index (χ0) is 18.4. The summed E-state index contributed by atoms with van der Waals surface area (Å²) in [6.07, 6.45) is 7.33. The van der Waals surface area contributed by atoms with Gasteiger partial charge in [0.05, 0.1) is 11.8 Å². The van der Waals surface area contributed by atoms with Crippen LogP contribution in [0.15, 0.2) is 47.6 Å². The summed E-state index contributed by atoms with van der Waals surface area (Å²) in [5, 5.41) is 8.08. The standard InChI is InChI=1S/C23H25ClN2O/c1-15-7-9-16(10-8-15)20-14-21-19-13-18(24)11-12-22(19)27-23(26(21)25-20)17-5-3-2-4-6-17/h7-13,17,21,23H,2-6,14H2,1H3/t21-,23-/m1/s1. The van der Waals surface area contributed by atoms with E-state index < -0.39 is 0 Å². The van der Waals surface area contributed by atoms with E-state index in [9.17, 15) is 0 Å². The Kier molecular flexibility index (Phi) is 4.35. The first-order valence-electron chi connectivity index (χ1n) is 10.1. The zero-order valence-electron chi connectivity index (χ0n) is 15.7. The van der Waals surface area contributed by atoms with E-state index in [1.54, 1.807) is 0 Å². The highest BCUT2D eigenvalue weighted by molar-refractivity contribution is 6.30. The highest BCUT2D eigenvalue weighted by Crippen LogP contribution is 2.47. The lowest BCUT2D eigenvalue weighted by atomic mass is 9.86. The number of halogens is 1. The first-order valence-corrected chi connectivity index (χ1v) is 10.5. The third-order valence-corrected chi connectivity index (χ3v) is 6.45. The molecule has 0 amide bonds. The molecule has 2 aromatic carbocycles. The molecule has 0 saturated heterocycles. The lowest BCUT2D eigenvalue weighted by Gasteiger charge is -2.42. The molecule has 3 aliphatic rings. The number of hydrazone groups is 1. The first-order chi connectivity index (χ1) is 13.2. The van der Waals surface area contributed by atoms with Gasteiger partial charge in [0.25, 0.3) is 0 Å². The van der Waals surface area contributed by atoms with Gasteiger partial charge in [0, 0.05) is 22.9 Å². The normalized spacial score (nSPS) is 24.8. The molecule has 0 spiro atoms. The minimum atomic E-state index is 0.0342. The smallest absolute Gasteiger partial charge is 0.190 e. The van der Waals surface area contributed by atoms with Crippen LogP contribution in [0.2, 0.25) is 5.02 Å². The molecule has 4 heteroatoms. The summed E-state index contributed by atoms with van der Waals surface area (Å²) in [5.41, 5.74) is 4.80. The molecule has 0 radical (unpaired) electrons. The van der Waals surface area contributed by atoms with Crippen molar-refractivity contribution in [1.29, 1.82) is 0 Å². The molecular formula is C23H25ClN2O. The van der Waals surface area contributed by atoms with Crippen molar-refractivity contribution >= 4 is 17.3 Å². The van der Waals surface area contributed by atoms with E-state index in [0.717, 1.165) is 22.9 Å². The molecule has 5 rings (SSSR count). The van der Waals surface area contributed by atoms with Crippen LogP contribution < -0.4 is 4.74 Å². The Bertz CT molecular complexity index is 870. The lowest BCUT2D eigenvalue weighted by molar-refractivity contribution is -0.0643. The molecular weight excluding hydrogens is 356 g/mol. The van der Waals surface area contributed by atoms with Gasteiger partial charge < -0.3 is 4.74 Å². The zero-order valence-corrected chi connectivity index (χ0v) is 16.5. The van der Waals surface area contributed by atoms with Crippen molar-refractivity contribution < 1.29 is 4.74 Å². The van der Waals surface area contributed by atoms with E-state index in [1.807, 2.05) is 12.1 Å². The van der Waals surface area contributed by atoms with Gasteiger partial charge in [-0.25, -0.2) is 5.01 Å². The van der Waals surface area contributed by atoms with Crippen LogP contribution in [0.1, 0.15) is 61.3 Å². The number of hydrogen-bond donors (Lipinski definition) is 0. The largest absolute Gasteiger partial charge is 0.468 e. The van der Waals surface area contributed by atoms with Gasteiger partial charge in [0.2, 0.25) is 0 Å². The van der Waals surface area contributed by atoms with Crippen LogP contribution in [-0.4, -0.2) is 16.9 Å². The van der Waals surface area contributed by atoms with E-state index in [1.165, 1.54) is 48.8 Å². The van der Waals surface area contributed by atoms with Crippen molar-refractivity contribution in [2.45, 2.75) is 57.7 Å². The van der Waals surface area contributed by atoms with E-state index in [-0.39, 0.29) is 12.3 Å². The molecule has 0 N–H and O–H groups in total. The van der Waals surface area contributed by atoms with Crippen LogP contribution in [0.25, 0.3) is 0 Å². The molecule has 0 unspecified atom stereocenters. The monoisotopic (exact) mass is 380 g/mol. The Balaban J connectivity index is 1.53. The number of nitrogens with zero attached hydrogens (tertiary/aromatic N) is 2. The molecule has 1 fully saturated rings. The van der Waals surface area contributed by atoms with Crippen LogP contribution in [0.5, 0.6) is 5.75 Å². The van der Waals surface area contributed by atoms with Crippen LogP contribution in [0.4, 0.5) is 0 Å². The van der Waals surface area contributed by atoms with Crippen LogP contribution in [-0.2, 0) is 0 Å². The Labute approximate surface area is 166 Å². The minimum Gasteiger partial charge on any atom is -0.468 e. The first kappa shape index (κ1) is 17.1. The molecule has 27 heavy (non-hydrogen) atoms. The Morgan fingerprint density at radius 1 is 1.04 bits per heavy atom. The van der Waals surface area contributed by atoms with Crippen LogP contribution in [0, 0.1) is 12.8 Å². The summed E-state index contributed by atoms with van der Waals surface area (Å²) in [7, 11) is 0. The van der Waals surface area contributed by atoms with Crippen molar-refractivity contribution in [1.82, 2.24) is 5.01 Å². The van der Waals surface area contributed by atoms with Gasteiger partial charge in [-0.15, -0.1) is 0 Å². The molecule has 2 aromatic rings. The fourth-order valence-corrected chi connectivity index (χ4v) is 4.92. The molecule has 2 atom stereocenters. The van der Waals surface area contributed by atoms with Gasteiger partial charge in [-0.1, -0.05) is 60.7 Å². The number of rotatable bonds is 2. The second-order valence-electron chi connectivity index (χ2n) is 8.10. The third-order valence-electron chi connectivity index (χ3n) is 6.22. The maximum absolute atomic E-state index is 6.50. The fourth-order valence-electron chi connectivity index (χ4n) is 4.74. The lowest BCUT2D eigenvalue weighted by Crippen LogP contribution is -2.45. The Morgan fingerprint density at radius 3 is 2.59 bits per heavy atom. The molecule has 1 aliphatic carbocycles. The summed E-state index contributed by atoms with van der Waals surface area (Å²) in [4.78, 5) is 0. The van der Waals surface area contributed by atoms with E-state index in [0.29, 0.717) is 5.92 Å². The second-order valence-corrected chi connectivity index (χ2v) is 8.54.